The zero-order chi connectivity index (χ0) is 21.6. The summed E-state index contributed by atoms with van der Waals surface area (Å²) in [7, 11) is 0. The van der Waals surface area contributed by atoms with Gasteiger partial charge in [0.05, 0.1) is 0 Å². The summed E-state index contributed by atoms with van der Waals surface area (Å²) >= 11 is 0. The maximum Gasteiger partial charge on any atom is 0.306 e. The summed E-state index contributed by atoms with van der Waals surface area (Å²) in [5.74, 6) is 2.34. The van der Waals surface area contributed by atoms with Gasteiger partial charge in [-0.25, -0.2) is 0 Å². The van der Waals surface area contributed by atoms with Crippen molar-refractivity contribution in [2.45, 2.75) is 84.2 Å². The molecule has 0 saturated heterocycles. The molecule has 5 rings (SSSR count). The van der Waals surface area contributed by atoms with Crippen molar-refractivity contribution in [3.63, 3.8) is 0 Å². The van der Waals surface area contributed by atoms with E-state index in [0.717, 1.165) is 32.1 Å². The summed E-state index contributed by atoms with van der Waals surface area (Å²) in [6, 6.07) is 10.2. The predicted molar refractivity (Wildman–Crippen MR) is 121 cm³/mol. The van der Waals surface area contributed by atoms with Crippen LogP contribution in [0, 0.1) is 28.6 Å². The molecule has 0 bridgehead atoms. The SMILES string of the molecule is C[C@@]12CC[C@@H]3[C@H](CCC4=CC(=O)CC[C@@]43C)[C@H]1CC[C@H]2OC(=O)CCc1ccccc1. The molecule has 166 valence electrons. The summed E-state index contributed by atoms with van der Waals surface area (Å²) in [5.41, 5.74) is 2.95. The number of allylic oxidation sites excluding steroid dienone is 1. The molecule has 31 heavy (non-hydrogen) atoms. The molecule has 1 aromatic rings. The first-order chi connectivity index (χ1) is 14.9. The van der Waals surface area contributed by atoms with E-state index in [4.69, 9.17) is 4.74 Å². The largest absolute Gasteiger partial charge is 0.462 e. The van der Waals surface area contributed by atoms with Gasteiger partial charge in [0.15, 0.2) is 5.78 Å². The molecular formula is C28H36O3. The van der Waals surface area contributed by atoms with Crippen LogP contribution in [0.15, 0.2) is 42.0 Å². The lowest BCUT2D eigenvalue weighted by atomic mass is 9.47. The van der Waals surface area contributed by atoms with Gasteiger partial charge >= 0.3 is 5.97 Å². The third-order valence-corrected chi connectivity index (χ3v) is 9.61. The van der Waals surface area contributed by atoms with Gasteiger partial charge in [-0.15, -0.1) is 0 Å². The van der Waals surface area contributed by atoms with Crippen LogP contribution in [0.4, 0.5) is 0 Å². The van der Waals surface area contributed by atoms with E-state index in [9.17, 15) is 9.59 Å². The molecule has 0 aromatic heterocycles. The minimum absolute atomic E-state index is 0.0375. The molecule has 0 amide bonds. The molecule has 0 spiro atoms. The number of carbonyl (C=O) groups is 2. The Kier molecular flexibility index (Phi) is 5.35. The fourth-order valence-corrected chi connectivity index (χ4v) is 7.81. The Bertz CT molecular complexity index is 887. The first-order valence-electron chi connectivity index (χ1n) is 12.4. The molecule has 0 aliphatic heterocycles. The summed E-state index contributed by atoms with van der Waals surface area (Å²) in [4.78, 5) is 24.7. The highest BCUT2D eigenvalue weighted by Gasteiger charge is 2.59. The first-order valence-corrected chi connectivity index (χ1v) is 12.4. The molecule has 4 aliphatic rings. The zero-order valence-electron chi connectivity index (χ0n) is 19.1. The van der Waals surface area contributed by atoms with Crippen molar-refractivity contribution in [1.29, 1.82) is 0 Å². The molecule has 3 heteroatoms. The summed E-state index contributed by atoms with van der Waals surface area (Å²) in [6.07, 6.45) is 11.8. The van der Waals surface area contributed by atoms with Crippen molar-refractivity contribution in [2.75, 3.05) is 0 Å². The molecule has 0 N–H and O–H groups in total. The highest BCUT2D eigenvalue weighted by atomic mass is 16.5. The van der Waals surface area contributed by atoms with E-state index < -0.39 is 0 Å². The van der Waals surface area contributed by atoms with Gasteiger partial charge in [-0.1, -0.05) is 49.8 Å². The Hall–Kier alpha value is -1.90. The monoisotopic (exact) mass is 420 g/mol. The van der Waals surface area contributed by atoms with Gasteiger partial charge in [0.1, 0.15) is 6.10 Å². The molecule has 0 unspecified atom stereocenters. The number of esters is 1. The van der Waals surface area contributed by atoms with Crippen molar-refractivity contribution in [3.8, 4) is 0 Å². The Morgan fingerprint density at radius 1 is 1.00 bits per heavy atom. The van der Waals surface area contributed by atoms with Crippen LogP contribution in [0.3, 0.4) is 0 Å². The lowest BCUT2D eigenvalue weighted by Crippen LogP contribution is -2.51. The highest BCUT2D eigenvalue weighted by molar-refractivity contribution is 5.91. The predicted octanol–water partition coefficient (Wildman–Crippen LogP) is 6.06. The lowest BCUT2D eigenvalue weighted by molar-refractivity contribution is -0.159. The van der Waals surface area contributed by atoms with Crippen molar-refractivity contribution in [3.05, 3.63) is 47.5 Å². The van der Waals surface area contributed by atoms with E-state index in [2.05, 4.69) is 26.0 Å². The average molecular weight is 421 g/mol. The number of rotatable bonds is 4. The van der Waals surface area contributed by atoms with Gasteiger partial charge in [0.2, 0.25) is 0 Å². The second-order valence-corrected chi connectivity index (χ2v) is 11.1. The number of hydrogen-bond acceptors (Lipinski definition) is 3. The topological polar surface area (TPSA) is 43.4 Å². The molecule has 1 aromatic carbocycles. The second kappa shape index (κ2) is 7.90. The van der Waals surface area contributed by atoms with E-state index in [-0.39, 0.29) is 22.9 Å². The van der Waals surface area contributed by atoms with Gasteiger partial charge in [-0.2, -0.15) is 0 Å². The average Bonchev–Trinajstić information content (AvgIpc) is 3.10. The number of ketones is 1. The van der Waals surface area contributed by atoms with Crippen LogP contribution in [0.2, 0.25) is 0 Å². The van der Waals surface area contributed by atoms with Crippen LogP contribution >= 0.6 is 0 Å². The quantitative estimate of drug-likeness (QED) is 0.556. The smallest absolute Gasteiger partial charge is 0.306 e. The molecule has 3 saturated carbocycles. The Balaban J connectivity index is 1.26. The maximum absolute atomic E-state index is 12.7. The number of fused-ring (bicyclic) bond motifs is 5. The number of ether oxygens (including phenoxy) is 1. The first kappa shape index (κ1) is 21.0. The van der Waals surface area contributed by atoms with E-state index in [1.54, 1.807) is 0 Å². The van der Waals surface area contributed by atoms with Gasteiger partial charge in [-0.3, -0.25) is 9.59 Å². The van der Waals surface area contributed by atoms with Gasteiger partial charge in [0.25, 0.3) is 0 Å². The Labute approximate surface area is 186 Å². The van der Waals surface area contributed by atoms with E-state index in [0.29, 0.717) is 36.4 Å². The van der Waals surface area contributed by atoms with Gasteiger partial charge < -0.3 is 4.74 Å². The zero-order valence-corrected chi connectivity index (χ0v) is 19.1. The second-order valence-electron chi connectivity index (χ2n) is 11.1. The van der Waals surface area contributed by atoms with Crippen LogP contribution < -0.4 is 0 Å². The standard InChI is InChI=1S/C28H36O3/c1-27-16-14-21(29)18-20(27)9-10-22-23-11-12-25(28(23,2)17-15-24(22)27)31-26(30)13-8-19-6-4-3-5-7-19/h3-7,18,22-25H,8-17H2,1-2H3/t22-,23-,24-,25-,27+,28-/m1/s1. The van der Waals surface area contributed by atoms with Crippen LogP contribution in [-0.4, -0.2) is 17.9 Å². The maximum atomic E-state index is 12.7. The van der Waals surface area contributed by atoms with Crippen molar-refractivity contribution in [2.24, 2.45) is 28.6 Å². The van der Waals surface area contributed by atoms with E-state index >= 15 is 0 Å². The fraction of sp³-hybridized carbons (Fsp3) is 0.643. The minimum atomic E-state index is -0.0375. The van der Waals surface area contributed by atoms with Gasteiger partial charge in [-0.05, 0) is 86.2 Å². The molecule has 0 radical (unpaired) electrons. The van der Waals surface area contributed by atoms with Crippen molar-refractivity contribution >= 4 is 11.8 Å². The molecule has 0 heterocycles. The van der Waals surface area contributed by atoms with Crippen molar-refractivity contribution in [1.82, 2.24) is 0 Å². The van der Waals surface area contributed by atoms with Crippen LogP contribution in [0.25, 0.3) is 0 Å². The number of carbonyl (C=O) groups excluding carboxylic acids is 2. The highest BCUT2D eigenvalue weighted by Crippen LogP contribution is 2.65. The minimum Gasteiger partial charge on any atom is -0.462 e. The van der Waals surface area contributed by atoms with E-state index in [1.165, 1.54) is 30.4 Å². The molecule has 3 nitrogen and oxygen atoms in total. The molecular weight excluding hydrogens is 384 g/mol. The molecule has 4 aliphatic carbocycles. The number of aryl methyl sites for hydroxylation is 1. The summed E-state index contributed by atoms with van der Waals surface area (Å²) in [5, 5.41) is 0. The van der Waals surface area contributed by atoms with E-state index in [1.807, 2.05) is 24.3 Å². The number of benzene rings is 1. The third kappa shape index (κ3) is 3.58. The van der Waals surface area contributed by atoms with Crippen LogP contribution in [-0.2, 0) is 20.7 Å². The third-order valence-electron chi connectivity index (χ3n) is 9.61. The van der Waals surface area contributed by atoms with Crippen LogP contribution in [0.5, 0.6) is 0 Å². The Morgan fingerprint density at radius 2 is 1.81 bits per heavy atom. The summed E-state index contributed by atoms with van der Waals surface area (Å²) in [6.45, 7) is 4.83. The number of hydrogen-bond donors (Lipinski definition) is 0. The lowest BCUT2D eigenvalue weighted by Gasteiger charge is -2.57. The van der Waals surface area contributed by atoms with Crippen LogP contribution in [0.1, 0.15) is 77.2 Å². The molecule has 3 fully saturated rings. The molecule has 6 atom stereocenters. The Morgan fingerprint density at radius 3 is 2.61 bits per heavy atom. The van der Waals surface area contributed by atoms with Crippen molar-refractivity contribution < 1.29 is 14.3 Å². The fourth-order valence-electron chi connectivity index (χ4n) is 7.81. The normalized spacial score (nSPS) is 39.2. The summed E-state index contributed by atoms with van der Waals surface area (Å²) < 4.78 is 6.14. The van der Waals surface area contributed by atoms with Gasteiger partial charge in [0, 0.05) is 18.3 Å².